The maximum atomic E-state index is 13.1. The molecule has 1 aromatic rings. The minimum atomic E-state index is -3.68. The number of morpholine rings is 1. The van der Waals surface area contributed by atoms with Gasteiger partial charge in [0, 0.05) is 6.54 Å². The Morgan fingerprint density at radius 3 is 2.95 bits per heavy atom. The van der Waals surface area contributed by atoms with Crippen molar-refractivity contribution >= 4 is 21.6 Å². The van der Waals surface area contributed by atoms with Gasteiger partial charge in [0.05, 0.1) is 30.1 Å². The molecule has 1 atom stereocenters. The third kappa shape index (κ3) is 3.27. The molecule has 2 rings (SSSR count). The van der Waals surface area contributed by atoms with Crippen LogP contribution >= 0.6 is 11.6 Å². The molecule has 1 aromatic carbocycles. The van der Waals surface area contributed by atoms with Gasteiger partial charge in [-0.3, -0.25) is 0 Å². The van der Waals surface area contributed by atoms with E-state index >= 15 is 0 Å². The summed E-state index contributed by atoms with van der Waals surface area (Å²) in [7, 11) is -3.68. The third-order valence-electron chi connectivity index (χ3n) is 2.92. The summed E-state index contributed by atoms with van der Waals surface area (Å²) in [6.07, 6.45) is 0. The topological polar surface area (TPSA) is 70.4 Å². The lowest BCUT2D eigenvalue weighted by Gasteiger charge is -2.30. The lowest BCUT2D eigenvalue weighted by Crippen LogP contribution is -2.48. The van der Waals surface area contributed by atoms with E-state index in [0.29, 0.717) is 5.56 Å². The zero-order chi connectivity index (χ0) is 14.8. The van der Waals surface area contributed by atoms with E-state index in [0.717, 1.165) is 10.4 Å². The summed E-state index contributed by atoms with van der Waals surface area (Å²) in [6.45, 7) is 0.441. The number of nitrogens with zero attached hydrogens (tertiary/aromatic N) is 2. The Labute approximate surface area is 121 Å². The van der Waals surface area contributed by atoms with E-state index in [1.54, 1.807) is 0 Å². The number of sulfonamides is 1. The van der Waals surface area contributed by atoms with Crippen molar-refractivity contribution in [2.24, 2.45) is 0 Å². The summed E-state index contributed by atoms with van der Waals surface area (Å²) < 4.78 is 43.9. The number of benzene rings is 1. The molecule has 0 N–H and O–H groups in total. The first kappa shape index (κ1) is 15.2. The van der Waals surface area contributed by atoms with Gasteiger partial charge in [-0.05, 0) is 17.7 Å². The fourth-order valence-electron chi connectivity index (χ4n) is 1.95. The Balaban J connectivity index is 2.22. The van der Waals surface area contributed by atoms with Crippen LogP contribution in [0.25, 0.3) is 0 Å². The molecule has 0 bridgehead atoms. The van der Waals surface area contributed by atoms with Gasteiger partial charge in [0.25, 0.3) is 0 Å². The van der Waals surface area contributed by atoms with Crippen LogP contribution in [0.3, 0.4) is 0 Å². The molecule has 1 aliphatic rings. The van der Waals surface area contributed by atoms with Crippen molar-refractivity contribution in [1.29, 1.82) is 5.26 Å². The van der Waals surface area contributed by atoms with Crippen LogP contribution in [0, 0.1) is 17.1 Å². The van der Waals surface area contributed by atoms with Crippen LogP contribution in [0.15, 0.2) is 18.2 Å². The maximum Gasteiger partial charge on any atom is 0.219 e. The van der Waals surface area contributed by atoms with Gasteiger partial charge < -0.3 is 4.74 Å². The van der Waals surface area contributed by atoms with Gasteiger partial charge in [0.1, 0.15) is 11.9 Å². The standard InChI is InChI=1S/C12H12ClFN2O3S/c13-11-5-9(1-2-12(11)14)8-20(17,18)16-3-4-19-7-10(16)6-15/h1-2,5,10H,3-4,7-8H2/t10-/m1/s1. The number of nitriles is 1. The van der Waals surface area contributed by atoms with Crippen molar-refractivity contribution < 1.29 is 17.5 Å². The minimum absolute atomic E-state index is 0.0555. The molecule has 0 unspecified atom stereocenters. The second kappa shape index (κ2) is 6.06. The number of hydrogen-bond donors (Lipinski definition) is 0. The Kier molecular flexibility index (Phi) is 4.60. The second-order valence-electron chi connectivity index (χ2n) is 4.34. The van der Waals surface area contributed by atoms with Gasteiger partial charge >= 0.3 is 0 Å². The second-order valence-corrected chi connectivity index (χ2v) is 6.66. The highest BCUT2D eigenvalue weighted by molar-refractivity contribution is 7.88. The summed E-state index contributed by atoms with van der Waals surface area (Å²) in [5.74, 6) is -0.931. The molecular weight excluding hydrogens is 307 g/mol. The van der Waals surface area contributed by atoms with E-state index in [9.17, 15) is 12.8 Å². The van der Waals surface area contributed by atoms with Crippen LogP contribution in [-0.4, -0.2) is 38.5 Å². The van der Waals surface area contributed by atoms with E-state index in [2.05, 4.69) is 0 Å². The molecule has 0 spiro atoms. The summed E-state index contributed by atoms with van der Waals surface area (Å²) in [5.41, 5.74) is 0.375. The van der Waals surface area contributed by atoms with Crippen molar-refractivity contribution in [2.75, 3.05) is 19.8 Å². The number of halogens is 2. The number of ether oxygens (including phenoxy) is 1. The van der Waals surface area contributed by atoms with Crippen LogP contribution in [0.4, 0.5) is 4.39 Å². The SMILES string of the molecule is N#C[C@@H]1COCCN1S(=O)(=O)Cc1ccc(F)c(Cl)c1. The Morgan fingerprint density at radius 2 is 2.30 bits per heavy atom. The average molecular weight is 319 g/mol. The van der Waals surface area contributed by atoms with Crippen molar-refractivity contribution in [3.05, 3.63) is 34.6 Å². The predicted octanol–water partition coefficient (Wildman–Crippen LogP) is 1.53. The molecule has 0 aromatic heterocycles. The highest BCUT2D eigenvalue weighted by atomic mass is 35.5. The zero-order valence-corrected chi connectivity index (χ0v) is 12.0. The molecule has 0 amide bonds. The monoisotopic (exact) mass is 318 g/mol. The van der Waals surface area contributed by atoms with Crippen molar-refractivity contribution in [1.82, 2.24) is 4.31 Å². The van der Waals surface area contributed by atoms with Crippen LogP contribution in [-0.2, 0) is 20.5 Å². The maximum absolute atomic E-state index is 13.1. The summed E-state index contributed by atoms with van der Waals surface area (Å²) in [4.78, 5) is 0. The predicted molar refractivity (Wildman–Crippen MR) is 71.0 cm³/mol. The molecule has 20 heavy (non-hydrogen) atoms. The average Bonchev–Trinajstić information content (AvgIpc) is 2.42. The van der Waals surface area contributed by atoms with Gasteiger partial charge in [-0.2, -0.15) is 9.57 Å². The summed E-state index contributed by atoms with van der Waals surface area (Å²) in [5, 5.41) is 8.84. The van der Waals surface area contributed by atoms with Gasteiger partial charge in [-0.1, -0.05) is 17.7 Å². The van der Waals surface area contributed by atoms with Crippen molar-refractivity contribution in [3.63, 3.8) is 0 Å². The third-order valence-corrected chi connectivity index (χ3v) is 5.06. The molecular formula is C12H12ClFN2O3S. The molecule has 1 aliphatic heterocycles. The first-order chi connectivity index (χ1) is 9.44. The molecule has 108 valence electrons. The lowest BCUT2D eigenvalue weighted by molar-refractivity contribution is 0.0511. The fourth-order valence-corrected chi connectivity index (χ4v) is 3.76. The van der Waals surface area contributed by atoms with E-state index in [1.807, 2.05) is 6.07 Å². The van der Waals surface area contributed by atoms with Crippen LogP contribution in [0.2, 0.25) is 5.02 Å². The fraction of sp³-hybridized carbons (Fsp3) is 0.417. The van der Waals surface area contributed by atoms with Crippen LogP contribution in [0.1, 0.15) is 5.56 Å². The molecule has 0 saturated carbocycles. The lowest BCUT2D eigenvalue weighted by atomic mass is 10.2. The summed E-state index contributed by atoms with van der Waals surface area (Å²) in [6, 6.07) is 4.83. The molecule has 0 aliphatic carbocycles. The van der Waals surface area contributed by atoms with Crippen LogP contribution in [0.5, 0.6) is 0 Å². The Morgan fingerprint density at radius 1 is 1.55 bits per heavy atom. The molecule has 8 heteroatoms. The first-order valence-corrected chi connectivity index (χ1v) is 7.83. The molecule has 5 nitrogen and oxygen atoms in total. The minimum Gasteiger partial charge on any atom is -0.377 e. The summed E-state index contributed by atoms with van der Waals surface area (Å²) >= 11 is 5.63. The Hall–Kier alpha value is -1.20. The van der Waals surface area contributed by atoms with Gasteiger partial charge in [-0.15, -0.1) is 0 Å². The number of rotatable bonds is 3. The van der Waals surface area contributed by atoms with Crippen molar-refractivity contribution in [3.8, 4) is 6.07 Å². The molecule has 0 radical (unpaired) electrons. The van der Waals surface area contributed by atoms with E-state index < -0.39 is 21.9 Å². The van der Waals surface area contributed by atoms with Crippen molar-refractivity contribution in [2.45, 2.75) is 11.8 Å². The number of hydrogen-bond acceptors (Lipinski definition) is 4. The normalized spacial score (nSPS) is 20.6. The molecule has 1 heterocycles. The van der Waals surface area contributed by atoms with E-state index in [4.69, 9.17) is 21.6 Å². The molecule has 1 saturated heterocycles. The molecule has 1 fully saturated rings. The van der Waals surface area contributed by atoms with Gasteiger partial charge in [-0.25, -0.2) is 12.8 Å². The first-order valence-electron chi connectivity index (χ1n) is 5.85. The van der Waals surface area contributed by atoms with Crippen LogP contribution < -0.4 is 0 Å². The quantitative estimate of drug-likeness (QED) is 0.847. The van der Waals surface area contributed by atoms with Gasteiger partial charge in [0.2, 0.25) is 10.0 Å². The Bertz CT molecular complexity index is 645. The highest BCUT2D eigenvalue weighted by Gasteiger charge is 2.33. The van der Waals surface area contributed by atoms with E-state index in [1.165, 1.54) is 12.1 Å². The smallest absolute Gasteiger partial charge is 0.219 e. The highest BCUT2D eigenvalue weighted by Crippen LogP contribution is 2.20. The zero-order valence-electron chi connectivity index (χ0n) is 10.4. The largest absolute Gasteiger partial charge is 0.377 e. The van der Waals surface area contributed by atoms with E-state index in [-0.39, 0.29) is 30.5 Å². The van der Waals surface area contributed by atoms with Gasteiger partial charge in [0.15, 0.2) is 0 Å².